The van der Waals surface area contributed by atoms with Crippen molar-refractivity contribution in [3.8, 4) is 22.3 Å². The maximum atomic E-state index is 13.2. The fourth-order valence-electron chi connectivity index (χ4n) is 5.51. The number of rotatable bonds is 7. The molecule has 0 amide bonds. The average Bonchev–Trinajstić information content (AvgIpc) is 3.07. The van der Waals surface area contributed by atoms with E-state index >= 15 is 0 Å². The quantitative estimate of drug-likeness (QED) is 0.190. The lowest BCUT2D eigenvalue weighted by molar-refractivity contribution is 0.0601. The van der Waals surface area contributed by atoms with E-state index in [4.69, 9.17) is 4.74 Å². The minimum atomic E-state index is -0.414. The van der Waals surface area contributed by atoms with Gasteiger partial charge in [-0.15, -0.1) is 0 Å². The van der Waals surface area contributed by atoms with Crippen molar-refractivity contribution in [1.82, 2.24) is 0 Å². The normalized spacial score (nSPS) is 12.5. The first-order valence-electron chi connectivity index (χ1n) is 13.8. The fraction of sp³-hybridized carbons (Fsp3) is 0.0263. The summed E-state index contributed by atoms with van der Waals surface area (Å²) in [5, 5.41) is 0. The molecule has 0 bridgehead atoms. The Morgan fingerprint density at radius 3 is 1.62 bits per heavy atom. The van der Waals surface area contributed by atoms with Gasteiger partial charge in [0.25, 0.3) is 0 Å². The molecule has 5 aromatic rings. The Bertz CT molecular complexity index is 1810. The van der Waals surface area contributed by atoms with Gasteiger partial charge in [-0.05, 0) is 70.8 Å². The summed E-state index contributed by atoms with van der Waals surface area (Å²) < 4.78 is 5.27. The lowest BCUT2D eigenvalue weighted by Gasteiger charge is -2.41. The maximum absolute atomic E-state index is 13.2. The van der Waals surface area contributed by atoms with Crippen LogP contribution in [0.4, 0.5) is 22.7 Å². The van der Waals surface area contributed by atoms with Gasteiger partial charge in [-0.25, -0.2) is 4.79 Å². The number of anilines is 4. The molecular weight excluding hydrogens is 516 g/mol. The predicted molar refractivity (Wildman–Crippen MR) is 173 cm³/mol. The molecule has 0 aliphatic carbocycles. The van der Waals surface area contributed by atoms with Crippen LogP contribution in [0, 0.1) is 0 Å². The van der Waals surface area contributed by atoms with Gasteiger partial charge in [0.1, 0.15) is 0 Å². The molecule has 0 saturated heterocycles. The molecule has 0 fully saturated rings. The third kappa shape index (κ3) is 4.69. The molecule has 0 aromatic heterocycles. The van der Waals surface area contributed by atoms with E-state index in [1.54, 1.807) is 0 Å². The highest BCUT2D eigenvalue weighted by atomic mass is 16.5. The SMILES string of the molecule is C=CC1=C(C=C)N(c2ccc(-c3ccccc3)cc2C(=O)OC)c2ccccc2N1c1ccc(-c2ccccc2)cc1. The number of nitrogens with zero attached hydrogens (tertiary/aromatic N) is 2. The Labute approximate surface area is 246 Å². The summed E-state index contributed by atoms with van der Waals surface area (Å²) in [5.41, 5.74) is 9.89. The zero-order valence-corrected chi connectivity index (χ0v) is 23.4. The number of esters is 1. The van der Waals surface area contributed by atoms with E-state index in [0.29, 0.717) is 11.3 Å². The van der Waals surface area contributed by atoms with Crippen molar-refractivity contribution in [1.29, 1.82) is 0 Å². The smallest absolute Gasteiger partial charge is 0.340 e. The molecule has 0 N–H and O–H groups in total. The largest absolute Gasteiger partial charge is 0.465 e. The van der Waals surface area contributed by atoms with Crippen LogP contribution in [0.5, 0.6) is 0 Å². The molecular formula is C38H30N2O2. The van der Waals surface area contributed by atoms with E-state index in [-0.39, 0.29) is 0 Å². The van der Waals surface area contributed by atoms with Gasteiger partial charge in [0.05, 0.1) is 41.1 Å². The third-order valence-electron chi connectivity index (χ3n) is 7.48. The third-order valence-corrected chi connectivity index (χ3v) is 7.48. The van der Waals surface area contributed by atoms with Crippen LogP contribution in [0.25, 0.3) is 22.3 Å². The molecule has 1 heterocycles. The second kappa shape index (κ2) is 11.5. The molecule has 5 aromatic carbocycles. The van der Waals surface area contributed by atoms with Gasteiger partial charge >= 0.3 is 5.97 Å². The molecule has 1 aliphatic rings. The minimum Gasteiger partial charge on any atom is -0.465 e. The van der Waals surface area contributed by atoms with E-state index in [0.717, 1.165) is 50.7 Å². The number of methoxy groups -OCH3 is 1. The van der Waals surface area contributed by atoms with Crippen LogP contribution in [-0.4, -0.2) is 13.1 Å². The van der Waals surface area contributed by atoms with Gasteiger partial charge in [-0.2, -0.15) is 0 Å². The summed E-state index contributed by atoms with van der Waals surface area (Å²) in [5.74, 6) is -0.414. The van der Waals surface area contributed by atoms with Crippen molar-refractivity contribution in [2.75, 3.05) is 16.9 Å². The fourth-order valence-corrected chi connectivity index (χ4v) is 5.51. The van der Waals surface area contributed by atoms with Crippen molar-refractivity contribution in [2.45, 2.75) is 0 Å². The van der Waals surface area contributed by atoms with Gasteiger partial charge in [-0.1, -0.05) is 104 Å². The highest BCUT2D eigenvalue weighted by Gasteiger charge is 2.32. The molecule has 0 spiro atoms. The number of para-hydroxylation sites is 2. The zero-order valence-electron chi connectivity index (χ0n) is 23.4. The minimum absolute atomic E-state index is 0.414. The Hall–Kier alpha value is -5.61. The molecule has 6 rings (SSSR count). The van der Waals surface area contributed by atoms with Gasteiger partial charge in [0.15, 0.2) is 0 Å². The lowest BCUT2D eigenvalue weighted by Crippen LogP contribution is -2.31. The lowest BCUT2D eigenvalue weighted by atomic mass is 9.98. The number of hydrogen-bond donors (Lipinski definition) is 0. The second-order valence-corrected chi connectivity index (χ2v) is 9.84. The van der Waals surface area contributed by atoms with E-state index in [1.165, 1.54) is 7.11 Å². The van der Waals surface area contributed by atoms with Crippen LogP contribution in [0.1, 0.15) is 10.4 Å². The molecule has 4 heteroatoms. The van der Waals surface area contributed by atoms with Gasteiger partial charge in [0.2, 0.25) is 0 Å². The van der Waals surface area contributed by atoms with Crippen molar-refractivity contribution in [2.24, 2.45) is 0 Å². The van der Waals surface area contributed by atoms with E-state index in [9.17, 15) is 4.79 Å². The Kier molecular flexibility index (Phi) is 7.27. The van der Waals surface area contributed by atoms with Crippen LogP contribution >= 0.6 is 0 Å². The molecule has 0 saturated carbocycles. The first kappa shape index (κ1) is 26.6. The summed E-state index contributed by atoms with van der Waals surface area (Å²) in [7, 11) is 1.41. The summed E-state index contributed by atoms with van der Waals surface area (Å²) >= 11 is 0. The monoisotopic (exact) mass is 546 g/mol. The maximum Gasteiger partial charge on any atom is 0.340 e. The molecule has 4 nitrogen and oxygen atoms in total. The number of ether oxygens (including phenoxy) is 1. The van der Waals surface area contributed by atoms with Crippen molar-refractivity contribution in [3.05, 3.63) is 170 Å². The summed E-state index contributed by atoms with van der Waals surface area (Å²) in [6.07, 6.45) is 3.64. The van der Waals surface area contributed by atoms with Crippen LogP contribution < -0.4 is 9.80 Å². The van der Waals surface area contributed by atoms with E-state index in [1.807, 2.05) is 91.0 Å². The molecule has 204 valence electrons. The highest BCUT2D eigenvalue weighted by Crippen LogP contribution is 2.49. The molecule has 42 heavy (non-hydrogen) atoms. The Morgan fingerprint density at radius 1 is 0.571 bits per heavy atom. The summed E-state index contributed by atoms with van der Waals surface area (Å²) in [6.45, 7) is 8.37. The first-order valence-corrected chi connectivity index (χ1v) is 13.8. The van der Waals surface area contributed by atoms with E-state index in [2.05, 4.69) is 71.5 Å². The molecule has 0 atom stereocenters. The van der Waals surface area contributed by atoms with Crippen LogP contribution in [0.3, 0.4) is 0 Å². The van der Waals surface area contributed by atoms with Gasteiger partial charge in [-0.3, -0.25) is 0 Å². The number of carbonyl (C=O) groups is 1. The van der Waals surface area contributed by atoms with Crippen LogP contribution in [0.2, 0.25) is 0 Å². The summed E-state index contributed by atoms with van der Waals surface area (Å²) in [4.78, 5) is 17.5. The van der Waals surface area contributed by atoms with Gasteiger partial charge < -0.3 is 14.5 Å². The van der Waals surface area contributed by atoms with Crippen LogP contribution in [-0.2, 0) is 4.74 Å². The molecule has 1 aliphatic heterocycles. The van der Waals surface area contributed by atoms with Crippen molar-refractivity contribution < 1.29 is 9.53 Å². The number of benzene rings is 5. The standard InChI is InChI=1S/C38H30N2O2/c1-4-33-34(5-2)40(35-25-22-30(26-32(35)38(41)42-3)28-16-10-7-11-17-28)37-19-13-12-18-36(37)39(33)31-23-20-29(21-24-31)27-14-8-6-9-15-27/h4-26H,1-2H2,3H3. The molecule has 0 unspecified atom stereocenters. The number of allylic oxidation sites excluding steroid dienone is 2. The molecule has 0 radical (unpaired) electrons. The van der Waals surface area contributed by atoms with E-state index < -0.39 is 5.97 Å². The number of carbonyl (C=O) groups excluding carboxylic acids is 1. The highest BCUT2D eigenvalue weighted by molar-refractivity contribution is 6.01. The first-order chi connectivity index (χ1) is 20.6. The number of hydrogen-bond acceptors (Lipinski definition) is 4. The second-order valence-electron chi connectivity index (χ2n) is 9.84. The zero-order chi connectivity index (χ0) is 29.1. The Balaban J connectivity index is 1.52. The average molecular weight is 547 g/mol. The number of fused-ring (bicyclic) bond motifs is 1. The van der Waals surface area contributed by atoms with Crippen molar-refractivity contribution in [3.63, 3.8) is 0 Å². The van der Waals surface area contributed by atoms with Crippen LogP contribution in [0.15, 0.2) is 164 Å². The van der Waals surface area contributed by atoms with Crippen molar-refractivity contribution >= 4 is 28.7 Å². The van der Waals surface area contributed by atoms with Gasteiger partial charge in [0, 0.05) is 5.69 Å². The Morgan fingerprint density at radius 2 is 1.05 bits per heavy atom. The summed E-state index contributed by atoms with van der Waals surface area (Å²) in [6, 6.07) is 42.9. The topological polar surface area (TPSA) is 32.8 Å². The predicted octanol–water partition coefficient (Wildman–Crippen LogP) is 9.68.